The Kier molecular flexibility index (Phi) is 8.04. The first-order chi connectivity index (χ1) is 20.3. The molecule has 1 saturated carbocycles. The molecule has 0 N–H and O–H groups in total. The van der Waals surface area contributed by atoms with Gasteiger partial charge in [0.1, 0.15) is 24.7 Å². The molecular weight excluding hydrogens is 541 g/mol. The van der Waals surface area contributed by atoms with E-state index < -0.39 is 0 Å². The molecule has 3 fully saturated rings. The van der Waals surface area contributed by atoms with Crippen LogP contribution in [0.5, 0.6) is 11.5 Å². The van der Waals surface area contributed by atoms with Crippen LogP contribution in [-0.4, -0.2) is 35.2 Å². The maximum atomic E-state index is 6.15. The number of benzene rings is 4. The van der Waals surface area contributed by atoms with E-state index in [0.29, 0.717) is 16.4 Å². The fourth-order valence-electron chi connectivity index (χ4n) is 6.63. The first-order valence-electron chi connectivity index (χ1n) is 15.1. The topological polar surface area (TPSA) is 18.5 Å². The molecule has 0 aromatic heterocycles. The molecule has 4 heteroatoms. The Labute approximate surface area is 253 Å². The third kappa shape index (κ3) is 6.05. The van der Waals surface area contributed by atoms with Crippen LogP contribution in [0.1, 0.15) is 48.8 Å². The van der Waals surface area contributed by atoms with Gasteiger partial charge in [-0.1, -0.05) is 98.1 Å². The van der Waals surface area contributed by atoms with Gasteiger partial charge in [0, 0.05) is 27.4 Å². The smallest absolute Gasteiger partial charge is 0.119 e. The van der Waals surface area contributed by atoms with Crippen molar-refractivity contribution in [1.82, 2.24) is 0 Å². The Bertz CT molecular complexity index is 1340. The Morgan fingerprint density at radius 3 is 1.44 bits per heavy atom. The van der Waals surface area contributed by atoms with Crippen LogP contribution in [0.25, 0.3) is 11.1 Å². The van der Waals surface area contributed by atoms with Gasteiger partial charge in [-0.25, -0.2) is 0 Å². The minimum Gasteiger partial charge on any atom is -0.492 e. The lowest BCUT2D eigenvalue weighted by atomic mass is 9.58. The lowest BCUT2D eigenvalue weighted by molar-refractivity contribution is 0.270. The normalized spacial score (nSPS) is 21.6. The van der Waals surface area contributed by atoms with Gasteiger partial charge in [-0.15, -0.1) is 0 Å². The van der Waals surface area contributed by atoms with Crippen LogP contribution in [0.15, 0.2) is 103 Å². The van der Waals surface area contributed by atoms with Gasteiger partial charge < -0.3 is 9.47 Å². The molecule has 3 aliphatic rings. The molecule has 2 atom stereocenters. The summed E-state index contributed by atoms with van der Waals surface area (Å²) in [4.78, 5) is 0. The van der Waals surface area contributed by atoms with Gasteiger partial charge in [0.05, 0.1) is 0 Å². The quantitative estimate of drug-likeness (QED) is 0.130. The molecule has 0 radical (unpaired) electrons. The SMILES string of the molecule is c1ccc(-c2ccc(C(c3ccc(OCC4CS4)cc3)(c3ccc(OCC4CS4)cc3)C3CCCCC3)cc2)cc1. The second-order valence-electron chi connectivity index (χ2n) is 11.7. The number of ether oxygens (including phenoxy) is 2. The molecule has 2 nitrogen and oxygen atoms in total. The third-order valence-corrected chi connectivity index (χ3v) is 10.8. The zero-order chi connectivity index (χ0) is 27.5. The summed E-state index contributed by atoms with van der Waals surface area (Å²) in [5.74, 6) is 4.91. The number of hydrogen-bond donors (Lipinski definition) is 0. The Hall–Kier alpha value is -2.82. The maximum Gasteiger partial charge on any atom is 0.119 e. The van der Waals surface area contributed by atoms with Crippen LogP contribution in [0, 0.1) is 5.92 Å². The van der Waals surface area contributed by atoms with Crippen molar-refractivity contribution < 1.29 is 9.47 Å². The maximum absolute atomic E-state index is 6.15. The molecule has 0 spiro atoms. The minimum atomic E-state index is -0.245. The molecular formula is C37H38O2S2. The van der Waals surface area contributed by atoms with E-state index in [1.165, 1.54) is 71.4 Å². The first-order valence-corrected chi connectivity index (χ1v) is 17.2. The van der Waals surface area contributed by atoms with Crippen LogP contribution in [0.2, 0.25) is 0 Å². The molecule has 2 heterocycles. The zero-order valence-electron chi connectivity index (χ0n) is 23.5. The fraction of sp³-hybridized carbons (Fsp3) is 0.351. The Balaban J connectivity index is 1.31. The predicted molar refractivity (Wildman–Crippen MR) is 175 cm³/mol. The molecule has 2 saturated heterocycles. The van der Waals surface area contributed by atoms with Crippen LogP contribution < -0.4 is 9.47 Å². The lowest BCUT2D eigenvalue weighted by Crippen LogP contribution is -2.39. The predicted octanol–water partition coefficient (Wildman–Crippen LogP) is 9.26. The summed E-state index contributed by atoms with van der Waals surface area (Å²) < 4.78 is 12.3. The summed E-state index contributed by atoms with van der Waals surface area (Å²) in [5, 5.41) is 1.33. The van der Waals surface area contributed by atoms with Gasteiger partial charge in [0.15, 0.2) is 0 Å². The summed E-state index contributed by atoms with van der Waals surface area (Å²) >= 11 is 3.96. The summed E-state index contributed by atoms with van der Waals surface area (Å²) in [7, 11) is 0. The van der Waals surface area contributed by atoms with Crippen LogP contribution in [0.3, 0.4) is 0 Å². The number of hydrogen-bond acceptors (Lipinski definition) is 4. The molecule has 0 amide bonds. The molecule has 7 rings (SSSR count). The van der Waals surface area contributed by atoms with Gasteiger partial charge in [0.25, 0.3) is 0 Å². The summed E-state index contributed by atoms with van der Waals surface area (Å²) in [5.41, 5.74) is 6.35. The van der Waals surface area contributed by atoms with E-state index >= 15 is 0 Å². The molecule has 1 aliphatic carbocycles. The highest BCUT2D eigenvalue weighted by Crippen LogP contribution is 2.51. The van der Waals surface area contributed by atoms with Crippen molar-refractivity contribution in [2.24, 2.45) is 5.92 Å². The van der Waals surface area contributed by atoms with Crippen molar-refractivity contribution in [3.63, 3.8) is 0 Å². The molecule has 2 unspecified atom stereocenters. The number of rotatable bonds is 11. The van der Waals surface area contributed by atoms with Crippen molar-refractivity contribution in [1.29, 1.82) is 0 Å². The average Bonchev–Trinajstić information content (AvgIpc) is 3.98. The fourth-order valence-corrected chi connectivity index (χ4v) is 7.43. The average molecular weight is 579 g/mol. The molecule has 4 aromatic rings. The number of thioether (sulfide) groups is 2. The molecule has 0 bridgehead atoms. The van der Waals surface area contributed by atoms with E-state index in [1.807, 2.05) is 23.5 Å². The van der Waals surface area contributed by atoms with Crippen LogP contribution in [-0.2, 0) is 5.41 Å². The van der Waals surface area contributed by atoms with E-state index in [9.17, 15) is 0 Å². The van der Waals surface area contributed by atoms with E-state index in [-0.39, 0.29) is 5.41 Å². The summed E-state index contributed by atoms with van der Waals surface area (Å²) in [6.07, 6.45) is 6.37. The van der Waals surface area contributed by atoms with Gasteiger partial charge in [0.2, 0.25) is 0 Å². The van der Waals surface area contributed by atoms with E-state index in [0.717, 1.165) is 24.7 Å². The summed E-state index contributed by atoms with van der Waals surface area (Å²) in [6, 6.07) is 38.3. The van der Waals surface area contributed by atoms with E-state index in [1.54, 1.807) is 0 Å². The minimum absolute atomic E-state index is 0.245. The molecule has 2 aliphatic heterocycles. The van der Waals surface area contributed by atoms with Crippen molar-refractivity contribution >= 4 is 23.5 Å². The van der Waals surface area contributed by atoms with Gasteiger partial charge >= 0.3 is 0 Å². The van der Waals surface area contributed by atoms with Crippen molar-refractivity contribution in [3.05, 3.63) is 120 Å². The van der Waals surface area contributed by atoms with E-state index in [2.05, 4.69) is 103 Å². The van der Waals surface area contributed by atoms with Crippen molar-refractivity contribution in [2.75, 3.05) is 24.7 Å². The van der Waals surface area contributed by atoms with Crippen molar-refractivity contribution in [2.45, 2.75) is 48.0 Å². The highest BCUT2D eigenvalue weighted by molar-refractivity contribution is 8.07. The lowest BCUT2D eigenvalue weighted by Gasteiger charge is -2.45. The molecule has 41 heavy (non-hydrogen) atoms. The third-order valence-electron chi connectivity index (χ3n) is 8.96. The Morgan fingerprint density at radius 1 is 0.537 bits per heavy atom. The van der Waals surface area contributed by atoms with Crippen LogP contribution in [0.4, 0.5) is 0 Å². The standard InChI is InChI=1S/C37H38O2S2/c1-3-7-27(8-4-1)28-11-13-30(14-12-28)37(29-9-5-2-6-10-29,31-15-19-33(20-16-31)38-23-35-25-40-35)32-17-21-34(22-18-32)39-24-36-26-41-36/h1,3-4,7-8,11-22,29,35-36H,2,5-6,9-10,23-26H2. The second kappa shape index (κ2) is 12.2. The second-order valence-corrected chi connectivity index (χ2v) is 14.3. The highest BCUT2D eigenvalue weighted by Gasteiger charge is 2.44. The first kappa shape index (κ1) is 27.0. The van der Waals surface area contributed by atoms with E-state index in [4.69, 9.17) is 9.47 Å². The summed E-state index contributed by atoms with van der Waals surface area (Å²) in [6.45, 7) is 1.61. The zero-order valence-corrected chi connectivity index (χ0v) is 25.2. The molecule has 210 valence electrons. The van der Waals surface area contributed by atoms with Gasteiger partial charge in [-0.3, -0.25) is 0 Å². The van der Waals surface area contributed by atoms with Gasteiger partial charge in [-0.05, 0) is 70.8 Å². The highest BCUT2D eigenvalue weighted by atomic mass is 32.2. The monoisotopic (exact) mass is 578 g/mol. The largest absolute Gasteiger partial charge is 0.492 e. The van der Waals surface area contributed by atoms with Crippen LogP contribution >= 0.6 is 23.5 Å². The van der Waals surface area contributed by atoms with Gasteiger partial charge in [-0.2, -0.15) is 23.5 Å². The van der Waals surface area contributed by atoms with Crippen molar-refractivity contribution in [3.8, 4) is 22.6 Å². The Morgan fingerprint density at radius 2 is 0.976 bits per heavy atom. The molecule has 4 aromatic carbocycles.